The Morgan fingerprint density at radius 2 is 2.31 bits per heavy atom. The largest absolute Gasteiger partial charge is 0.504 e. The first-order valence-electron chi connectivity index (χ1n) is 3.52. The van der Waals surface area contributed by atoms with Crippen LogP contribution in [0.4, 0.5) is 4.39 Å². The number of methoxy groups -OCH3 is 1. The van der Waals surface area contributed by atoms with Gasteiger partial charge in [-0.1, -0.05) is 15.9 Å². The second-order valence-electron chi connectivity index (χ2n) is 2.34. The van der Waals surface area contributed by atoms with Crippen LogP contribution in [0.15, 0.2) is 23.2 Å². The molecule has 0 heterocycles. The predicted octanol–water partition coefficient (Wildman–Crippen LogP) is 3.06. The smallest absolute Gasteiger partial charge is 0.161 e. The van der Waals surface area contributed by atoms with Crippen LogP contribution in [-0.4, -0.2) is 12.2 Å². The molecule has 0 aliphatic carbocycles. The van der Waals surface area contributed by atoms with Gasteiger partial charge in [-0.3, -0.25) is 0 Å². The fourth-order valence-corrected chi connectivity index (χ4v) is 1.15. The molecule has 2 nitrogen and oxygen atoms in total. The normalized spacial score (nSPS) is 11.5. The van der Waals surface area contributed by atoms with Gasteiger partial charge in [0.15, 0.2) is 11.5 Å². The Kier molecular flexibility index (Phi) is 3.31. The molecule has 0 unspecified atom stereocenters. The Bertz CT molecular complexity index is 336. The molecular weight excluding hydrogens is 239 g/mol. The fourth-order valence-electron chi connectivity index (χ4n) is 0.889. The van der Waals surface area contributed by atoms with Crippen molar-refractivity contribution in [1.82, 2.24) is 0 Å². The van der Waals surface area contributed by atoms with Crippen molar-refractivity contribution in [1.29, 1.82) is 0 Å². The second-order valence-corrected chi connectivity index (χ2v) is 2.80. The number of rotatable bonds is 2. The van der Waals surface area contributed by atoms with Crippen LogP contribution in [0.3, 0.4) is 0 Å². The van der Waals surface area contributed by atoms with E-state index in [4.69, 9.17) is 4.74 Å². The van der Waals surface area contributed by atoms with E-state index in [1.807, 2.05) is 0 Å². The lowest BCUT2D eigenvalue weighted by Gasteiger charge is -2.04. The third-order valence-corrected chi connectivity index (χ3v) is 1.95. The average Bonchev–Trinajstić information content (AvgIpc) is 2.17. The Morgan fingerprint density at radius 3 is 2.85 bits per heavy atom. The minimum Gasteiger partial charge on any atom is -0.504 e. The molecule has 1 rings (SSSR count). The molecule has 0 radical (unpaired) electrons. The summed E-state index contributed by atoms with van der Waals surface area (Å²) >= 11 is 2.88. The van der Waals surface area contributed by atoms with Gasteiger partial charge < -0.3 is 9.84 Å². The van der Waals surface area contributed by atoms with Crippen LogP contribution in [0.25, 0.3) is 5.83 Å². The molecule has 70 valence electrons. The third-order valence-electron chi connectivity index (χ3n) is 1.55. The molecule has 0 saturated carbocycles. The molecule has 1 aromatic rings. The van der Waals surface area contributed by atoms with E-state index in [1.54, 1.807) is 0 Å². The topological polar surface area (TPSA) is 29.5 Å². The number of ether oxygens (including phenoxy) is 1. The second kappa shape index (κ2) is 4.28. The number of benzene rings is 1. The van der Waals surface area contributed by atoms with Crippen LogP contribution in [0.2, 0.25) is 0 Å². The fraction of sp³-hybridized carbons (Fsp3) is 0.111. The van der Waals surface area contributed by atoms with E-state index in [0.29, 0.717) is 5.56 Å². The van der Waals surface area contributed by atoms with Gasteiger partial charge in [-0.25, -0.2) is 4.39 Å². The average molecular weight is 247 g/mol. The van der Waals surface area contributed by atoms with Crippen molar-refractivity contribution in [3.63, 3.8) is 0 Å². The van der Waals surface area contributed by atoms with E-state index < -0.39 is 5.83 Å². The maximum Gasteiger partial charge on any atom is 0.161 e. The zero-order chi connectivity index (χ0) is 9.84. The number of halogens is 2. The summed E-state index contributed by atoms with van der Waals surface area (Å²) in [5.74, 6) is -0.172. The standard InChI is InChI=1S/C9H8BrFO2/c1-13-9-4-6(7(11)5-10)2-3-8(9)12/h2-5,12H,1H3/b7-5-. The molecule has 4 heteroatoms. The Hall–Kier alpha value is -1.03. The van der Waals surface area contributed by atoms with Crippen molar-refractivity contribution in [2.45, 2.75) is 0 Å². The Labute approximate surface area is 83.8 Å². The van der Waals surface area contributed by atoms with Crippen molar-refractivity contribution >= 4 is 21.8 Å². The van der Waals surface area contributed by atoms with E-state index in [2.05, 4.69) is 15.9 Å². The Balaban J connectivity index is 3.13. The van der Waals surface area contributed by atoms with Crippen LogP contribution in [0, 0.1) is 0 Å². The molecule has 13 heavy (non-hydrogen) atoms. The monoisotopic (exact) mass is 246 g/mol. The summed E-state index contributed by atoms with van der Waals surface area (Å²) in [4.78, 5) is 1.17. The SMILES string of the molecule is COc1cc(/C(F)=C/Br)ccc1O. The van der Waals surface area contributed by atoms with Crippen LogP contribution in [0.1, 0.15) is 5.56 Å². The van der Waals surface area contributed by atoms with Crippen LogP contribution < -0.4 is 4.74 Å². The molecule has 0 bridgehead atoms. The molecule has 0 aliphatic rings. The van der Waals surface area contributed by atoms with Crippen molar-refractivity contribution in [3.8, 4) is 11.5 Å². The molecule has 0 spiro atoms. The van der Waals surface area contributed by atoms with Gasteiger partial charge in [-0.15, -0.1) is 0 Å². The Morgan fingerprint density at radius 1 is 1.62 bits per heavy atom. The zero-order valence-electron chi connectivity index (χ0n) is 6.92. The van der Waals surface area contributed by atoms with E-state index >= 15 is 0 Å². The van der Waals surface area contributed by atoms with E-state index in [0.717, 1.165) is 0 Å². The number of hydrogen-bond donors (Lipinski definition) is 1. The zero-order valence-corrected chi connectivity index (χ0v) is 8.51. The van der Waals surface area contributed by atoms with Crippen molar-refractivity contribution in [2.75, 3.05) is 7.11 Å². The van der Waals surface area contributed by atoms with Gasteiger partial charge in [0.05, 0.1) is 7.11 Å². The van der Waals surface area contributed by atoms with Gasteiger partial charge in [0.25, 0.3) is 0 Å². The first kappa shape index (κ1) is 10.1. The highest BCUT2D eigenvalue weighted by molar-refractivity contribution is 9.11. The van der Waals surface area contributed by atoms with Crippen molar-refractivity contribution < 1.29 is 14.2 Å². The summed E-state index contributed by atoms with van der Waals surface area (Å²) in [6.45, 7) is 0. The van der Waals surface area contributed by atoms with Gasteiger partial charge in [0.1, 0.15) is 5.83 Å². The number of phenols is 1. The summed E-state index contributed by atoms with van der Waals surface area (Å²) in [5, 5.41) is 9.21. The minimum atomic E-state index is -0.418. The molecule has 1 aromatic carbocycles. The summed E-state index contributed by atoms with van der Waals surface area (Å²) in [6, 6.07) is 4.26. The highest BCUT2D eigenvalue weighted by Gasteiger charge is 2.05. The third kappa shape index (κ3) is 2.21. The molecule has 0 aromatic heterocycles. The first-order valence-corrected chi connectivity index (χ1v) is 4.44. The predicted molar refractivity (Wildman–Crippen MR) is 52.7 cm³/mol. The van der Waals surface area contributed by atoms with E-state index in [-0.39, 0.29) is 11.5 Å². The molecule has 0 saturated heterocycles. The quantitative estimate of drug-likeness (QED) is 0.870. The van der Waals surface area contributed by atoms with Crippen LogP contribution >= 0.6 is 15.9 Å². The maximum absolute atomic E-state index is 13.0. The van der Waals surface area contributed by atoms with Crippen LogP contribution in [-0.2, 0) is 0 Å². The summed E-state index contributed by atoms with van der Waals surface area (Å²) < 4.78 is 17.8. The summed E-state index contributed by atoms with van der Waals surface area (Å²) in [6.07, 6.45) is 0. The van der Waals surface area contributed by atoms with Gasteiger partial charge in [-0.05, 0) is 18.2 Å². The highest BCUT2D eigenvalue weighted by Crippen LogP contribution is 2.29. The van der Waals surface area contributed by atoms with Crippen molar-refractivity contribution in [2.24, 2.45) is 0 Å². The molecular formula is C9H8BrFO2. The molecule has 0 amide bonds. The van der Waals surface area contributed by atoms with E-state index in [1.165, 1.54) is 30.3 Å². The van der Waals surface area contributed by atoms with Crippen molar-refractivity contribution in [3.05, 3.63) is 28.7 Å². The number of aromatic hydroxyl groups is 1. The lowest BCUT2D eigenvalue weighted by molar-refractivity contribution is 0.373. The van der Waals surface area contributed by atoms with Gasteiger partial charge >= 0.3 is 0 Å². The van der Waals surface area contributed by atoms with Crippen LogP contribution in [0.5, 0.6) is 11.5 Å². The summed E-state index contributed by atoms with van der Waals surface area (Å²) in [5.41, 5.74) is 0.353. The molecule has 0 atom stereocenters. The number of hydrogen-bond acceptors (Lipinski definition) is 2. The number of phenolic OH excluding ortho intramolecular Hbond substituents is 1. The minimum absolute atomic E-state index is 0.00591. The van der Waals surface area contributed by atoms with Gasteiger partial charge in [0, 0.05) is 10.5 Å². The molecule has 0 aliphatic heterocycles. The lowest BCUT2D eigenvalue weighted by atomic mass is 10.2. The highest BCUT2D eigenvalue weighted by atomic mass is 79.9. The summed E-state index contributed by atoms with van der Waals surface area (Å²) in [7, 11) is 1.41. The van der Waals surface area contributed by atoms with Gasteiger partial charge in [-0.2, -0.15) is 0 Å². The van der Waals surface area contributed by atoms with E-state index in [9.17, 15) is 9.50 Å². The maximum atomic E-state index is 13.0. The molecule has 1 N–H and O–H groups in total. The van der Waals surface area contributed by atoms with Gasteiger partial charge in [0.2, 0.25) is 0 Å². The molecule has 0 fully saturated rings. The lowest BCUT2D eigenvalue weighted by Crippen LogP contribution is -1.85. The first-order chi connectivity index (χ1) is 6.19.